The van der Waals surface area contributed by atoms with E-state index in [1.807, 2.05) is 43.3 Å². The van der Waals surface area contributed by atoms with Crippen LogP contribution in [0.4, 0.5) is 11.4 Å². The molecule has 0 aliphatic carbocycles. The first kappa shape index (κ1) is 27.2. The van der Waals surface area contributed by atoms with E-state index in [9.17, 15) is 19.5 Å². The van der Waals surface area contributed by atoms with Crippen LogP contribution in [0.25, 0.3) is 0 Å². The maximum absolute atomic E-state index is 13.5. The highest BCUT2D eigenvalue weighted by atomic mass is 32.2. The van der Waals surface area contributed by atoms with E-state index in [1.54, 1.807) is 17.0 Å². The lowest BCUT2D eigenvalue weighted by Gasteiger charge is -2.28. The van der Waals surface area contributed by atoms with Crippen LogP contribution in [0.5, 0.6) is 0 Å². The highest BCUT2D eigenvalue weighted by molar-refractivity contribution is 8.13. The average Bonchev–Trinajstić information content (AvgIpc) is 3.33. The van der Waals surface area contributed by atoms with Gasteiger partial charge in [0.1, 0.15) is 0 Å². The molecular formula is C28H36N4O4S. The van der Waals surface area contributed by atoms with Crippen LogP contribution in [0, 0.1) is 0 Å². The van der Waals surface area contributed by atoms with Crippen LogP contribution in [-0.2, 0) is 16.0 Å². The Bertz CT molecular complexity index is 1100. The highest BCUT2D eigenvalue weighted by Crippen LogP contribution is 2.27. The minimum absolute atomic E-state index is 0.0360. The average molecular weight is 525 g/mol. The molecule has 0 aromatic heterocycles. The Hall–Kier alpha value is -2.88. The van der Waals surface area contributed by atoms with E-state index in [4.69, 9.17) is 0 Å². The third kappa shape index (κ3) is 7.56. The van der Waals surface area contributed by atoms with E-state index < -0.39 is 12.1 Å². The number of hydrogen-bond acceptors (Lipinski definition) is 7. The number of benzene rings is 2. The highest BCUT2D eigenvalue weighted by Gasteiger charge is 2.27. The topological polar surface area (TPSA) is 111 Å². The van der Waals surface area contributed by atoms with Crippen LogP contribution in [-0.4, -0.2) is 65.6 Å². The lowest BCUT2D eigenvalue weighted by molar-refractivity contribution is -0.117. The van der Waals surface area contributed by atoms with E-state index in [0.717, 1.165) is 29.8 Å². The van der Waals surface area contributed by atoms with Gasteiger partial charge in [-0.3, -0.25) is 14.4 Å². The van der Waals surface area contributed by atoms with Crippen molar-refractivity contribution in [2.75, 3.05) is 35.6 Å². The summed E-state index contributed by atoms with van der Waals surface area (Å²) in [5.41, 5.74) is 2.90. The monoisotopic (exact) mass is 524 g/mol. The van der Waals surface area contributed by atoms with Crippen molar-refractivity contribution < 1.29 is 19.5 Å². The van der Waals surface area contributed by atoms with Crippen molar-refractivity contribution in [3.63, 3.8) is 0 Å². The van der Waals surface area contributed by atoms with Crippen molar-refractivity contribution in [2.24, 2.45) is 0 Å². The molecule has 8 nitrogen and oxygen atoms in total. The van der Waals surface area contributed by atoms with Gasteiger partial charge in [0, 0.05) is 61.2 Å². The third-order valence-corrected chi connectivity index (χ3v) is 7.71. The van der Waals surface area contributed by atoms with E-state index >= 15 is 0 Å². The molecule has 0 spiro atoms. The maximum Gasteiger partial charge on any atom is 0.251 e. The van der Waals surface area contributed by atoms with Crippen molar-refractivity contribution in [1.29, 1.82) is 0 Å². The molecule has 4 rings (SSSR count). The molecule has 2 saturated heterocycles. The maximum atomic E-state index is 13.5. The van der Waals surface area contributed by atoms with Crippen LogP contribution >= 0.6 is 11.8 Å². The first-order valence-electron chi connectivity index (χ1n) is 13.0. The summed E-state index contributed by atoms with van der Waals surface area (Å²) in [4.78, 5) is 39.4. The largest absolute Gasteiger partial charge is 0.390 e. The Balaban J connectivity index is 1.51. The summed E-state index contributed by atoms with van der Waals surface area (Å²) >= 11 is 1.36. The lowest BCUT2D eigenvalue weighted by atomic mass is 9.99. The van der Waals surface area contributed by atoms with Crippen LogP contribution in [0.2, 0.25) is 0 Å². The SMILES string of the molecule is CCNc1cc(C(=O)N[C@@H](Cc2ccccc2)[C@H](O)CNC2CCSC(=O)C2)cc(N2CCCC2=O)c1. The summed E-state index contributed by atoms with van der Waals surface area (Å²) in [6, 6.07) is 14.6. The zero-order valence-electron chi connectivity index (χ0n) is 21.2. The standard InChI is InChI=1S/C28H36N4O4S/c1-2-29-22-14-20(15-23(16-22)32-11-6-9-26(32)34)28(36)31-24(13-19-7-4-3-5-8-19)25(33)18-30-21-10-12-37-27(35)17-21/h3-5,7-8,14-16,21,24-25,29-30,33H,2,6,9-13,17-18H2,1H3,(H,31,36)/t21?,24-,25+/m0/s1. The normalized spacial score (nSPS) is 19.5. The molecule has 2 aromatic carbocycles. The molecule has 198 valence electrons. The number of nitrogens with zero attached hydrogens (tertiary/aromatic N) is 1. The van der Waals surface area contributed by atoms with Crippen molar-refractivity contribution in [2.45, 2.75) is 57.2 Å². The fourth-order valence-corrected chi connectivity index (χ4v) is 5.76. The second kappa shape index (κ2) is 13.1. The molecule has 0 bridgehead atoms. The van der Waals surface area contributed by atoms with E-state index in [-0.39, 0.29) is 29.5 Å². The number of rotatable bonds is 11. The predicted octanol–water partition coefficient (Wildman–Crippen LogP) is 2.96. The second-order valence-corrected chi connectivity index (χ2v) is 10.8. The van der Waals surface area contributed by atoms with Gasteiger partial charge in [0.25, 0.3) is 5.91 Å². The number of carbonyl (C=O) groups excluding carboxylic acids is 3. The molecule has 1 unspecified atom stereocenters. The molecule has 2 heterocycles. The molecule has 0 radical (unpaired) electrons. The van der Waals surface area contributed by atoms with Gasteiger partial charge in [-0.15, -0.1) is 0 Å². The van der Waals surface area contributed by atoms with Crippen molar-refractivity contribution >= 4 is 40.1 Å². The summed E-state index contributed by atoms with van der Waals surface area (Å²) in [6.07, 6.45) is 2.23. The smallest absolute Gasteiger partial charge is 0.251 e. The quantitative estimate of drug-likeness (QED) is 0.358. The molecule has 2 fully saturated rings. The second-order valence-electron chi connectivity index (χ2n) is 9.60. The van der Waals surface area contributed by atoms with Gasteiger partial charge in [0.15, 0.2) is 5.12 Å². The Kier molecular flexibility index (Phi) is 9.60. The van der Waals surface area contributed by atoms with Gasteiger partial charge >= 0.3 is 0 Å². The first-order valence-corrected chi connectivity index (χ1v) is 14.0. The zero-order valence-corrected chi connectivity index (χ0v) is 22.1. The van der Waals surface area contributed by atoms with Gasteiger partial charge in [-0.2, -0.15) is 0 Å². The summed E-state index contributed by atoms with van der Waals surface area (Å²) in [5.74, 6) is 0.528. The van der Waals surface area contributed by atoms with Gasteiger partial charge in [-0.1, -0.05) is 42.1 Å². The van der Waals surface area contributed by atoms with Crippen molar-refractivity contribution in [3.05, 3.63) is 59.7 Å². The Morgan fingerprint density at radius 2 is 2.00 bits per heavy atom. The Labute approximate surface area is 222 Å². The van der Waals surface area contributed by atoms with Gasteiger partial charge in [0.2, 0.25) is 5.91 Å². The van der Waals surface area contributed by atoms with Gasteiger partial charge < -0.3 is 26.0 Å². The summed E-state index contributed by atoms with van der Waals surface area (Å²) in [7, 11) is 0. The predicted molar refractivity (Wildman–Crippen MR) is 148 cm³/mol. The van der Waals surface area contributed by atoms with Crippen molar-refractivity contribution in [3.8, 4) is 0 Å². The Morgan fingerprint density at radius 1 is 1.19 bits per heavy atom. The van der Waals surface area contributed by atoms with Crippen LogP contribution in [0.1, 0.15) is 48.5 Å². The van der Waals surface area contributed by atoms with Crippen LogP contribution in [0.3, 0.4) is 0 Å². The summed E-state index contributed by atoms with van der Waals surface area (Å²) in [6.45, 7) is 3.57. The molecule has 2 aromatic rings. The number of amides is 2. The lowest BCUT2D eigenvalue weighted by Crippen LogP contribution is -2.50. The van der Waals surface area contributed by atoms with E-state index in [2.05, 4.69) is 16.0 Å². The van der Waals surface area contributed by atoms with Crippen molar-refractivity contribution in [1.82, 2.24) is 10.6 Å². The zero-order chi connectivity index (χ0) is 26.2. The number of thioether (sulfide) groups is 1. The van der Waals surface area contributed by atoms with Gasteiger partial charge in [-0.25, -0.2) is 0 Å². The summed E-state index contributed by atoms with van der Waals surface area (Å²) < 4.78 is 0. The molecule has 9 heteroatoms. The molecule has 2 amide bonds. The molecule has 2 aliphatic heterocycles. The minimum atomic E-state index is -0.856. The number of aliphatic hydroxyl groups excluding tert-OH is 1. The first-order chi connectivity index (χ1) is 17.9. The number of hydrogen-bond donors (Lipinski definition) is 4. The fourth-order valence-electron chi connectivity index (χ4n) is 4.81. The number of anilines is 2. The van der Waals surface area contributed by atoms with E-state index in [1.165, 1.54) is 11.8 Å². The van der Waals surface area contributed by atoms with Crippen LogP contribution in [0.15, 0.2) is 48.5 Å². The van der Waals surface area contributed by atoms with Crippen LogP contribution < -0.4 is 20.9 Å². The third-order valence-electron chi connectivity index (χ3n) is 6.78. The van der Waals surface area contributed by atoms with E-state index in [0.29, 0.717) is 43.6 Å². The number of nitrogens with one attached hydrogen (secondary N) is 3. The summed E-state index contributed by atoms with van der Waals surface area (Å²) in [5, 5.41) is 20.9. The number of aliphatic hydroxyl groups is 1. The molecule has 3 atom stereocenters. The number of carbonyl (C=O) groups is 3. The van der Waals surface area contributed by atoms with Gasteiger partial charge in [0.05, 0.1) is 12.1 Å². The fraction of sp³-hybridized carbons (Fsp3) is 0.464. The molecule has 2 aliphatic rings. The molecule has 4 N–H and O–H groups in total. The minimum Gasteiger partial charge on any atom is -0.390 e. The molecular weight excluding hydrogens is 488 g/mol. The molecule has 37 heavy (non-hydrogen) atoms. The van der Waals surface area contributed by atoms with Gasteiger partial charge in [-0.05, 0) is 49.9 Å². The Morgan fingerprint density at radius 3 is 2.70 bits per heavy atom. The molecule has 0 saturated carbocycles.